The van der Waals surface area contributed by atoms with Crippen LogP contribution in [0.2, 0.25) is 0 Å². The molecule has 0 saturated carbocycles. The smallest absolute Gasteiger partial charge is 0.338 e. The fourth-order valence-corrected chi connectivity index (χ4v) is 1.85. The van der Waals surface area contributed by atoms with Crippen LogP contribution in [-0.4, -0.2) is 23.3 Å². The first kappa shape index (κ1) is 14.6. The molecule has 2 rings (SSSR count). The first-order valence-electron chi connectivity index (χ1n) is 6.14. The lowest BCUT2D eigenvalue weighted by Crippen LogP contribution is -2.04. The third-order valence-corrected chi connectivity index (χ3v) is 2.94. The van der Waals surface area contributed by atoms with E-state index in [1.54, 1.807) is 12.1 Å². The number of phenols is 1. The minimum absolute atomic E-state index is 0.0159. The van der Waals surface area contributed by atoms with Gasteiger partial charge in [-0.3, -0.25) is 0 Å². The van der Waals surface area contributed by atoms with Gasteiger partial charge in [-0.05, 0) is 35.9 Å². The van der Waals surface area contributed by atoms with Crippen molar-refractivity contribution in [1.82, 2.24) is 0 Å². The van der Waals surface area contributed by atoms with Gasteiger partial charge in [-0.25, -0.2) is 9.18 Å². The number of phenolic OH excluding ortho intramolecular Hbond substituents is 1. The summed E-state index contributed by atoms with van der Waals surface area (Å²) in [6, 6.07) is 8.68. The average molecular weight is 291 g/mol. The highest BCUT2D eigenvalue weighted by Gasteiger charge is 2.10. The molecule has 0 aliphatic carbocycles. The summed E-state index contributed by atoms with van der Waals surface area (Å²) >= 11 is 0. The van der Waals surface area contributed by atoms with Crippen molar-refractivity contribution in [2.45, 2.75) is 6.54 Å². The molecule has 3 N–H and O–H groups in total. The van der Waals surface area contributed by atoms with Gasteiger partial charge in [0, 0.05) is 12.2 Å². The van der Waals surface area contributed by atoms with Gasteiger partial charge in [0.05, 0.1) is 12.7 Å². The van der Waals surface area contributed by atoms with Crippen LogP contribution in [0.3, 0.4) is 0 Å². The summed E-state index contributed by atoms with van der Waals surface area (Å²) in [4.78, 5) is 10.8. The van der Waals surface area contributed by atoms with Gasteiger partial charge in [0.15, 0.2) is 11.5 Å². The van der Waals surface area contributed by atoms with Crippen molar-refractivity contribution in [3.05, 3.63) is 53.3 Å². The lowest BCUT2D eigenvalue weighted by atomic mass is 10.1. The number of benzene rings is 2. The number of methoxy groups -OCH3 is 1. The first-order chi connectivity index (χ1) is 10.0. The Kier molecular flexibility index (Phi) is 4.27. The molecule has 0 atom stereocenters. The Labute approximate surface area is 120 Å². The molecule has 0 aliphatic heterocycles. The van der Waals surface area contributed by atoms with Crippen LogP contribution in [0.25, 0.3) is 0 Å². The van der Waals surface area contributed by atoms with E-state index in [1.165, 1.54) is 25.3 Å². The molecule has 6 heteroatoms. The van der Waals surface area contributed by atoms with Crippen molar-refractivity contribution in [3.8, 4) is 11.5 Å². The van der Waals surface area contributed by atoms with Crippen LogP contribution in [0.15, 0.2) is 36.4 Å². The Bertz CT molecular complexity index is 673. The van der Waals surface area contributed by atoms with Crippen molar-refractivity contribution in [3.63, 3.8) is 0 Å². The number of carboxylic acids is 1. The van der Waals surface area contributed by atoms with Gasteiger partial charge in [0.1, 0.15) is 5.82 Å². The number of carbonyl (C=O) groups is 1. The van der Waals surface area contributed by atoms with Gasteiger partial charge >= 0.3 is 5.97 Å². The summed E-state index contributed by atoms with van der Waals surface area (Å²) in [5, 5.41) is 21.5. The molecular formula is C15H14FNO4. The van der Waals surface area contributed by atoms with E-state index in [2.05, 4.69) is 5.32 Å². The van der Waals surface area contributed by atoms with E-state index in [9.17, 15) is 14.3 Å². The maximum atomic E-state index is 13.3. The molecule has 5 nitrogen and oxygen atoms in total. The molecule has 110 valence electrons. The van der Waals surface area contributed by atoms with Crippen LogP contribution in [0.4, 0.5) is 10.1 Å². The zero-order chi connectivity index (χ0) is 15.4. The first-order valence-corrected chi connectivity index (χ1v) is 6.14. The summed E-state index contributed by atoms with van der Waals surface area (Å²) in [5.74, 6) is -1.72. The molecule has 0 aromatic heterocycles. The second-order valence-electron chi connectivity index (χ2n) is 4.36. The van der Waals surface area contributed by atoms with E-state index in [0.29, 0.717) is 18.0 Å². The second kappa shape index (κ2) is 6.13. The number of aromatic carboxylic acids is 1. The van der Waals surface area contributed by atoms with Crippen LogP contribution < -0.4 is 10.1 Å². The van der Waals surface area contributed by atoms with Gasteiger partial charge in [-0.2, -0.15) is 0 Å². The van der Waals surface area contributed by atoms with E-state index in [1.807, 2.05) is 0 Å². The number of halogens is 1. The summed E-state index contributed by atoms with van der Waals surface area (Å²) in [5.41, 5.74) is 0.858. The molecule has 0 fully saturated rings. The molecule has 2 aromatic carbocycles. The minimum atomic E-state index is -1.32. The number of ether oxygens (including phenoxy) is 1. The Morgan fingerprint density at radius 3 is 2.67 bits per heavy atom. The third kappa shape index (κ3) is 3.42. The topological polar surface area (TPSA) is 78.8 Å². The molecule has 0 amide bonds. The number of anilines is 1. The second-order valence-corrected chi connectivity index (χ2v) is 4.36. The van der Waals surface area contributed by atoms with Crippen molar-refractivity contribution < 1.29 is 24.1 Å². The van der Waals surface area contributed by atoms with Crippen LogP contribution in [0.5, 0.6) is 11.5 Å². The number of hydrogen-bond donors (Lipinski definition) is 3. The Hall–Kier alpha value is -2.76. The van der Waals surface area contributed by atoms with Gasteiger partial charge in [-0.1, -0.05) is 6.07 Å². The van der Waals surface area contributed by atoms with Crippen molar-refractivity contribution in [2.24, 2.45) is 0 Å². The summed E-state index contributed by atoms with van der Waals surface area (Å²) < 4.78 is 18.2. The minimum Gasteiger partial charge on any atom is -0.504 e. The number of rotatable bonds is 5. The SMILES string of the molecule is COc1ccc(CNc2ccc(F)c(C(=O)O)c2)cc1O. The highest BCUT2D eigenvalue weighted by molar-refractivity contribution is 5.89. The number of aromatic hydroxyl groups is 1. The monoisotopic (exact) mass is 291 g/mol. The molecule has 0 aliphatic rings. The van der Waals surface area contributed by atoms with Crippen LogP contribution in [0, 0.1) is 5.82 Å². The molecule has 0 spiro atoms. The summed E-state index contributed by atoms with van der Waals surface area (Å²) in [7, 11) is 1.46. The number of nitrogens with one attached hydrogen (secondary N) is 1. The molecule has 0 heterocycles. The van der Waals surface area contributed by atoms with Crippen molar-refractivity contribution in [1.29, 1.82) is 0 Å². The fraction of sp³-hybridized carbons (Fsp3) is 0.133. The van der Waals surface area contributed by atoms with Gasteiger partial charge < -0.3 is 20.3 Å². The molecular weight excluding hydrogens is 277 g/mol. The average Bonchev–Trinajstić information content (AvgIpc) is 2.46. The number of hydrogen-bond acceptors (Lipinski definition) is 4. The van der Waals surface area contributed by atoms with E-state index in [0.717, 1.165) is 11.6 Å². The highest BCUT2D eigenvalue weighted by Crippen LogP contribution is 2.26. The molecule has 0 bridgehead atoms. The van der Waals surface area contributed by atoms with E-state index >= 15 is 0 Å². The molecule has 2 aromatic rings. The van der Waals surface area contributed by atoms with Crippen LogP contribution in [-0.2, 0) is 6.54 Å². The van der Waals surface area contributed by atoms with E-state index in [-0.39, 0.29) is 5.75 Å². The van der Waals surface area contributed by atoms with Gasteiger partial charge in [0.2, 0.25) is 0 Å². The predicted molar refractivity (Wildman–Crippen MR) is 75.3 cm³/mol. The predicted octanol–water partition coefficient (Wildman–Crippen LogP) is 2.85. The molecule has 21 heavy (non-hydrogen) atoms. The molecule has 0 radical (unpaired) electrons. The molecule has 0 saturated heterocycles. The van der Waals surface area contributed by atoms with E-state index in [4.69, 9.17) is 9.84 Å². The highest BCUT2D eigenvalue weighted by atomic mass is 19.1. The van der Waals surface area contributed by atoms with Crippen LogP contribution in [0.1, 0.15) is 15.9 Å². The normalized spacial score (nSPS) is 10.2. The Morgan fingerprint density at radius 2 is 2.05 bits per heavy atom. The maximum absolute atomic E-state index is 13.3. The largest absolute Gasteiger partial charge is 0.504 e. The lowest BCUT2D eigenvalue weighted by molar-refractivity contribution is 0.0692. The van der Waals surface area contributed by atoms with Crippen molar-refractivity contribution >= 4 is 11.7 Å². The summed E-state index contributed by atoms with van der Waals surface area (Å²) in [6.07, 6.45) is 0. The van der Waals surface area contributed by atoms with Crippen LogP contribution >= 0.6 is 0 Å². The Morgan fingerprint density at radius 1 is 1.29 bits per heavy atom. The molecule has 0 unspecified atom stereocenters. The van der Waals surface area contributed by atoms with Gasteiger partial charge in [0.25, 0.3) is 0 Å². The summed E-state index contributed by atoms with van der Waals surface area (Å²) in [6.45, 7) is 0.349. The zero-order valence-corrected chi connectivity index (χ0v) is 11.3. The number of carboxylic acid groups (broad SMARTS) is 1. The quantitative estimate of drug-likeness (QED) is 0.789. The third-order valence-electron chi connectivity index (χ3n) is 2.94. The van der Waals surface area contributed by atoms with E-state index < -0.39 is 17.3 Å². The fourth-order valence-electron chi connectivity index (χ4n) is 1.85. The van der Waals surface area contributed by atoms with Gasteiger partial charge in [-0.15, -0.1) is 0 Å². The zero-order valence-electron chi connectivity index (χ0n) is 11.3. The van der Waals surface area contributed by atoms with Crippen molar-refractivity contribution in [2.75, 3.05) is 12.4 Å². The standard InChI is InChI=1S/C15H14FNO4/c1-21-14-5-2-9(6-13(14)18)8-17-10-3-4-12(16)11(7-10)15(19)20/h2-7,17-18H,8H2,1H3,(H,19,20). The maximum Gasteiger partial charge on any atom is 0.338 e. The lowest BCUT2D eigenvalue weighted by Gasteiger charge is -2.09. The Balaban J connectivity index is 2.11.